The van der Waals surface area contributed by atoms with E-state index in [0.29, 0.717) is 29.0 Å². The van der Waals surface area contributed by atoms with Gasteiger partial charge in [-0.15, -0.1) is 0 Å². The Balaban J connectivity index is 1.97. The third kappa shape index (κ3) is 3.01. The van der Waals surface area contributed by atoms with Gasteiger partial charge in [0, 0.05) is 36.1 Å². The second-order valence-corrected chi connectivity index (χ2v) is 6.80. The van der Waals surface area contributed by atoms with Gasteiger partial charge in [-0.25, -0.2) is 9.50 Å². The smallest absolute Gasteiger partial charge is 0.261 e. The maximum Gasteiger partial charge on any atom is 0.261 e. The lowest BCUT2D eigenvalue weighted by Gasteiger charge is -2.07. The molecule has 0 radical (unpaired) electrons. The fraction of sp³-hybridized carbons (Fsp3) is 0.250. The summed E-state index contributed by atoms with van der Waals surface area (Å²) < 4.78 is 3.34. The van der Waals surface area contributed by atoms with E-state index in [2.05, 4.69) is 4.98 Å². The van der Waals surface area contributed by atoms with Gasteiger partial charge in [0.2, 0.25) is 0 Å². The van der Waals surface area contributed by atoms with Gasteiger partial charge in [-0.2, -0.15) is 5.10 Å². The number of aryl methyl sites for hydroxylation is 2. The highest BCUT2D eigenvalue weighted by Crippen LogP contribution is 2.30. The van der Waals surface area contributed by atoms with E-state index in [1.165, 1.54) is 0 Å². The van der Waals surface area contributed by atoms with Crippen molar-refractivity contribution in [3.05, 3.63) is 63.8 Å². The molecule has 0 aliphatic heterocycles. The SMILES string of the molecule is CCc1nn2c(ncc3c(=O)n(CCCO)ccc32)c1-c1ccc(Cl)cc1. The largest absolute Gasteiger partial charge is 0.396 e. The first kappa shape index (κ1) is 17.7. The van der Waals surface area contributed by atoms with E-state index in [-0.39, 0.29) is 12.2 Å². The average molecular weight is 383 g/mol. The van der Waals surface area contributed by atoms with E-state index in [0.717, 1.165) is 28.8 Å². The molecule has 0 atom stereocenters. The Hall–Kier alpha value is -2.70. The predicted molar refractivity (Wildman–Crippen MR) is 106 cm³/mol. The summed E-state index contributed by atoms with van der Waals surface area (Å²) in [6, 6.07) is 9.48. The van der Waals surface area contributed by atoms with E-state index in [1.807, 2.05) is 37.3 Å². The number of aromatic nitrogens is 4. The molecule has 138 valence electrons. The Morgan fingerprint density at radius 3 is 2.67 bits per heavy atom. The molecule has 0 fully saturated rings. The third-order valence-electron chi connectivity index (χ3n) is 4.68. The number of aliphatic hydroxyl groups excluding tert-OH is 1. The van der Waals surface area contributed by atoms with E-state index in [4.69, 9.17) is 21.8 Å². The van der Waals surface area contributed by atoms with Gasteiger partial charge in [-0.1, -0.05) is 30.7 Å². The van der Waals surface area contributed by atoms with Crippen LogP contribution in [0.4, 0.5) is 0 Å². The number of pyridine rings is 1. The minimum Gasteiger partial charge on any atom is -0.396 e. The van der Waals surface area contributed by atoms with Crippen molar-refractivity contribution < 1.29 is 5.11 Å². The first-order valence-electron chi connectivity index (χ1n) is 8.90. The van der Waals surface area contributed by atoms with E-state index in [1.54, 1.807) is 21.5 Å². The van der Waals surface area contributed by atoms with Crippen LogP contribution >= 0.6 is 11.6 Å². The van der Waals surface area contributed by atoms with Crippen LogP contribution in [0.1, 0.15) is 19.0 Å². The average Bonchev–Trinajstić information content (AvgIpc) is 3.07. The third-order valence-corrected chi connectivity index (χ3v) is 4.93. The van der Waals surface area contributed by atoms with Crippen molar-refractivity contribution in [3.63, 3.8) is 0 Å². The van der Waals surface area contributed by atoms with Crippen LogP contribution in [0.5, 0.6) is 0 Å². The van der Waals surface area contributed by atoms with Crippen LogP contribution in [0.2, 0.25) is 5.02 Å². The number of hydrogen-bond donors (Lipinski definition) is 1. The summed E-state index contributed by atoms with van der Waals surface area (Å²) in [4.78, 5) is 17.3. The number of halogens is 1. The Morgan fingerprint density at radius 1 is 1.19 bits per heavy atom. The summed E-state index contributed by atoms with van der Waals surface area (Å²) in [5, 5.41) is 14.9. The Kier molecular flexibility index (Phi) is 4.68. The fourth-order valence-electron chi connectivity index (χ4n) is 3.33. The standard InChI is InChI=1S/C20H19ClN4O2/c1-2-16-18(13-4-6-14(21)7-5-13)19-22-12-15-17(25(19)23-16)8-10-24(20(15)27)9-3-11-26/h4-8,10,12,26H,2-3,9,11H2,1H3. The van der Waals surface area contributed by atoms with Gasteiger partial charge < -0.3 is 9.67 Å². The highest BCUT2D eigenvalue weighted by Gasteiger charge is 2.17. The molecule has 3 heterocycles. The van der Waals surface area contributed by atoms with Gasteiger partial charge in [0.15, 0.2) is 5.65 Å². The summed E-state index contributed by atoms with van der Waals surface area (Å²) in [7, 11) is 0. The zero-order valence-corrected chi connectivity index (χ0v) is 15.6. The molecule has 0 amide bonds. The van der Waals surface area contributed by atoms with Crippen molar-refractivity contribution in [1.82, 2.24) is 19.2 Å². The second-order valence-electron chi connectivity index (χ2n) is 6.37. The Labute approximate surface area is 160 Å². The molecular formula is C20H19ClN4O2. The topological polar surface area (TPSA) is 72.4 Å². The number of hydrogen-bond acceptors (Lipinski definition) is 4. The van der Waals surface area contributed by atoms with Crippen molar-refractivity contribution in [3.8, 4) is 11.1 Å². The van der Waals surface area contributed by atoms with Crippen LogP contribution in [0.15, 0.2) is 47.5 Å². The molecule has 4 aromatic rings. The zero-order valence-electron chi connectivity index (χ0n) is 14.9. The quantitative estimate of drug-likeness (QED) is 0.574. The molecule has 3 aromatic heterocycles. The van der Waals surface area contributed by atoms with Crippen LogP contribution in [0.3, 0.4) is 0 Å². The van der Waals surface area contributed by atoms with Crippen molar-refractivity contribution in [2.75, 3.05) is 6.61 Å². The van der Waals surface area contributed by atoms with Crippen LogP contribution in [-0.2, 0) is 13.0 Å². The fourth-order valence-corrected chi connectivity index (χ4v) is 3.46. The molecular weight excluding hydrogens is 364 g/mol. The summed E-state index contributed by atoms with van der Waals surface area (Å²) in [5.74, 6) is 0. The molecule has 0 aliphatic carbocycles. The highest BCUT2D eigenvalue weighted by atomic mass is 35.5. The summed E-state index contributed by atoms with van der Waals surface area (Å²) >= 11 is 6.02. The summed E-state index contributed by atoms with van der Waals surface area (Å²) in [5.41, 5.74) is 4.18. The van der Waals surface area contributed by atoms with Gasteiger partial charge in [0.25, 0.3) is 5.56 Å². The minimum absolute atomic E-state index is 0.0469. The summed E-state index contributed by atoms with van der Waals surface area (Å²) in [6.45, 7) is 2.56. The number of rotatable bonds is 5. The number of benzene rings is 1. The molecule has 27 heavy (non-hydrogen) atoms. The number of nitrogens with zero attached hydrogens (tertiary/aromatic N) is 4. The van der Waals surface area contributed by atoms with Gasteiger partial charge in [0.05, 0.1) is 16.6 Å². The van der Waals surface area contributed by atoms with Gasteiger partial charge in [-0.3, -0.25) is 4.79 Å². The molecule has 0 unspecified atom stereocenters. The lowest BCUT2D eigenvalue weighted by Crippen LogP contribution is -2.21. The molecule has 0 bridgehead atoms. The van der Waals surface area contributed by atoms with Gasteiger partial charge in [-0.05, 0) is 36.6 Å². The van der Waals surface area contributed by atoms with Crippen molar-refractivity contribution in [2.45, 2.75) is 26.3 Å². The van der Waals surface area contributed by atoms with Crippen LogP contribution in [-0.4, -0.2) is 30.9 Å². The number of aliphatic hydroxyl groups is 1. The molecule has 7 heteroatoms. The molecule has 0 spiro atoms. The van der Waals surface area contributed by atoms with Crippen molar-refractivity contribution in [1.29, 1.82) is 0 Å². The first-order valence-corrected chi connectivity index (χ1v) is 9.28. The number of fused-ring (bicyclic) bond motifs is 3. The monoisotopic (exact) mass is 382 g/mol. The maximum atomic E-state index is 12.7. The molecule has 0 aliphatic rings. The lowest BCUT2D eigenvalue weighted by atomic mass is 10.0. The van der Waals surface area contributed by atoms with Gasteiger partial charge >= 0.3 is 0 Å². The highest BCUT2D eigenvalue weighted by molar-refractivity contribution is 6.30. The van der Waals surface area contributed by atoms with Crippen molar-refractivity contribution in [2.24, 2.45) is 0 Å². The normalized spacial score (nSPS) is 11.5. The van der Waals surface area contributed by atoms with E-state index < -0.39 is 0 Å². The molecule has 0 saturated carbocycles. The molecule has 1 aromatic carbocycles. The Morgan fingerprint density at radius 2 is 1.96 bits per heavy atom. The van der Waals surface area contributed by atoms with E-state index >= 15 is 0 Å². The Bertz CT molecular complexity index is 1180. The maximum absolute atomic E-state index is 12.7. The van der Waals surface area contributed by atoms with E-state index in [9.17, 15) is 4.79 Å². The molecule has 4 rings (SSSR count). The summed E-state index contributed by atoms with van der Waals surface area (Å²) in [6.07, 6.45) is 4.64. The predicted octanol–water partition coefficient (Wildman–Crippen LogP) is 3.31. The first-order chi connectivity index (χ1) is 13.1. The molecule has 0 saturated heterocycles. The molecule has 1 N–H and O–H groups in total. The van der Waals surface area contributed by atoms with Crippen LogP contribution in [0, 0.1) is 0 Å². The molecule has 6 nitrogen and oxygen atoms in total. The second kappa shape index (κ2) is 7.13. The van der Waals surface area contributed by atoms with Crippen molar-refractivity contribution >= 4 is 28.2 Å². The zero-order chi connectivity index (χ0) is 19.0. The van der Waals surface area contributed by atoms with Crippen LogP contribution in [0.25, 0.3) is 27.7 Å². The lowest BCUT2D eigenvalue weighted by molar-refractivity contribution is 0.279. The van der Waals surface area contributed by atoms with Crippen LogP contribution < -0.4 is 5.56 Å². The van der Waals surface area contributed by atoms with Gasteiger partial charge in [0.1, 0.15) is 0 Å². The minimum atomic E-state index is -0.128.